The summed E-state index contributed by atoms with van der Waals surface area (Å²) in [7, 11) is 0. The fraction of sp³-hybridized carbons (Fsp3) is 0.263. The Bertz CT molecular complexity index is 930. The average molecular weight is 338 g/mol. The zero-order valence-corrected chi connectivity index (χ0v) is 13.8. The van der Waals surface area contributed by atoms with Crippen molar-refractivity contribution in [3.8, 4) is 0 Å². The van der Waals surface area contributed by atoms with Crippen LogP contribution in [-0.4, -0.2) is 40.6 Å². The number of para-hydroxylation sites is 1. The van der Waals surface area contributed by atoms with Crippen molar-refractivity contribution >= 4 is 16.6 Å². The molecule has 1 aliphatic rings. The molecule has 0 atom stereocenters. The van der Waals surface area contributed by atoms with Crippen LogP contribution in [0, 0.1) is 5.82 Å². The summed E-state index contributed by atoms with van der Waals surface area (Å²) in [6.45, 7) is 3.92. The second-order valence-electron chi connectivity index (χ2n) is 6.26. The van der Waals surface area contributed by atoms with E-state index in [9.17, 15) is 9.18 Å². The molecule has 0 saturated carbocycles. The highest BCUT2D eigenvalue weighted by atomic mass is 19.1. The third kappa shape index (κ3) is 3.25. The van der Waals surface area contributed by atoms with Gasteiger partial charge in [0.05, 0.1) is 23.9 Å². The van der Waals surface area contributed by atoms with Gasteiger partial charge >= 0.3 is 0 Å². The van der Waals surface area contributed by atoms with Crippen LogP contribution < -0.4 is 10.5 Å². The number of benzene rings is 2. The highest BCUT2D eigenvalue weighted by molar-refractivity contribution is 5.76. The molecular weight excluding hydrogens is 319 g/mol. The predicted octanol–water partition coefficient (Wildman–Crippen LogP) is 2.32. The normalized spacial score (nSPS) is 15.6. The maximum Gasteiger partial charge on any atom is 0.262 e. The summed E-state index contributed by atoms with van der Waals surface area (Å²) in [5.74, 6) is -0.217. The smallest absolute Gasteiger partial charge is 0.262 e. The minimum Gasteiger partial charge on any atom is -0.369 e. The first-order valence-electron chi connectivity index (χ1n) is 8.38. The van der Waals surface area contributed by atoms with E-state index in [2.05, 4.69) is 14.8 Å². The maximum absolute atomic E-state index is 13.0. The highest BCUT2D eigenvalue weighted by Gasteiger charge is 2.18. The average Bonchev–Trinajstić information content (AvgIpc) is 2.66. The number of nitrogens with zero attached hydrogens (tertiary/aromatic N) is 4. The summed E-state index contributed by atoms with van der Waals surface area (Å²) < 4.78 is 14.7. The zero-order chi connectivity index (χ0) is 17.2. The molecule has 0 aliphatic carbocycles. The highest BCUT2D eigenvalue weighted by Crippen LogP contribution is 2.17. The molecular formula is C19H19FN4O. The van der Waals surface area contributed by atoms with Crippen LogP contribution in [0.2, 0.25) is 0 Å². The van der Waals surface area contributed by atoms with E-state index in [-0.39, 0.29) is 11.4 Å². The maximum atomic E-state index is 13.0. The summed E-state index contributed by atoms with van der Waals surface area (Å²) in [5.41, 5.74) is 1.75. The van der Waals surface area contributed by atoms with E-state index in [1.54, 1.807) is 10.9 Å². The van der Waals surface area contributed by atoms with Crippen LogP contribution >= 0.6 is 0 Å². The quantitative estimate of drug-likeness (QED) is 0.735. The van der Waals surface area contributed by atoms with Gasteiger partial charge in [0.15, 0.2) is 0 Å². The first kappa shape index (κ1) is 15.8. The molecule has 0 amide bonds. The van der Waals surface area contributed by atoms with Gasteiger partial charge in [-0.15, -0.1) is 0 Å². The van der Waals surface area contributed by atoms with Gasteiger partial charge in [-0.2, -0.15) is 0 Å². The Labute approximate surface area is 144 Å². The lowest BCUT2D eigenvalue weighted by Crippen LogP contribution is -2.47. The molecule has 2 aromatic carbocycles. The molecule has 0 N–H and O–H groups in total. The molecule has 0 bridgehead atoms. The van der Waals surface area contributed by atoms with E-state index in [0.29, 0.717) is 12.1 Å². The van der Waals surface area contributed by atoms with Crippen molar-refractivity contribution in [2.24, 2.45) is 0 Å². The Morgan fingerprint density at radius 3 is 2.44 bits per heavy atom. The number of aromatic nitrogens is 2. The number of halogens is 1. The molecule has 4 rings (SSSR count). The second kappa shape index (κ2) is 6.64. The Kier molecular flexibility index (Phi) is 4.19. The van der Waals surface area contributed by atoms with Gasteiger partial charge in [-0.25, -0.2) is 9.37 Å². The van der Waals surface area contributed by atoms with Crippen molar-refractivity contribution in [3.63, 3.8) is 0 Å². The van der Waals surface area contributed by atoms with Gasteiger partial charge < -0.3 is 4.90 Å². The van der Waals surface area contributed by atoms with Gasteiger partial charge in [0.1, 0.15) is 5.82 Å². The van der Waals surface area contributed by atoms with Crippen molar-refractivity contribution in [2.75, 3.05) is 31.1 Å². The van der Waals surface area contributed by atoms with E-state index in [1.165, 1.54) is 12.1 Å². The molecule has 128 valence electrons. The Hall–Kier alpha value is -2.73. The van der Waals surface area contributed by atoms with E-state index in [0.717, 1.165) is 37.4 Å². The summed E-state index contributed by atoms with van der Waals surface area (Å²) in [5, 5.41) is 0.648. The topological polar surface area (TPSA) is 41.4 Å². The molecule has 1 aromatic heterocycles. The van der Waals surface area contributed by atoms with Crippen molar-refractivity contribution < 1.29 is 4.39 Å². The number of hydrogen-bond acceptors (Lipinski definition) is 4. The molecule has 0 radical (unpaired) electrons. The summed E-state index contributed by atoms with van der Waals surface area (Å²) >= 11 is 0. The van der Waals surface area contributed by atoms with Crippen molar-refractivity contribution in [1.29, 1.82) is 0 Å². The fourth-order valence-electron chi connectivity index (χ4n) is 3.22. The molecule has 0 spiro atoms. The van der Waals surface area contributed by atoms with Crippen LogP contribution in [0.4, 0.5) is 10.1 Å². The lowest BCUT2D eigenvalue weighted by Gasteiger charge is -2.36. The monoisotopic (exact) mass is 338 g/mol. The van der Waals surface area contributed by atoms with E-state index < -0.39 is 0 Å². The SMILES string of the molecule is O=c1c2ccccc2ncn1CN1CCN(c2ccc(F)cc2)CC1. The first-order valence-corrected chi connectivity index (χ1v) is 8.38. The van der Waals surface area contributed by atoms with E-state index in [4.69, 9.17) is 0 Å². The molecule has 25 heavy (non-hydrogen) atoms. The molecule has 1 fully saturated rings. The molecule has 0 unspecified atom stereocenters. The van der Waals surface area contributed by atoms with Gasteiger partial charge in [0, 0.05) is 31.9 Å². The molecule has 2 heterocycles. The van der Waals surface area contributed by atoms with Gasteiger partial charge in [0.25, 0.3) is 5.56 Å². The molecule has 5 nitrogen and oxygen atoms in total. The van der Waals surface area contributed by atoms with Crippen molar-refractivity contribution in [3.05, 3.63) is 71.0 Å². The van der Waals surface area contributed by atoms with Crippen LogP contribution in [0.1, 0.15) is 0 Å². The number of rotatable bonds is 3. The summed E-state index contributed by atoms with van der Waals surface area (Å²) in [6.07, 6.45) is 1.62. The first-order chi connectivity index (χ1) is 12.2. The standard InChI is InChI=1S/C19H19FN4O/c20-15-5-7-16(8-6-15)23-11-9-22(10-12-23)14-24-13-21-18-4-2-1-3-17(18)19(24)25/h1-8,13H,9-12,14H2. The van der Waals surface area contributed by atoms with Crippen LogP contribution in [0.25, 0.3) is 10.9 Å². The summed E-state index contributed by atoms with van der Waals surface area (Å²) in [6, 6.07) is 14.0. The second-order valence-corrected chi connectivity index (χ2v) is 6.26. The fourth-order valence-corrected chi connectivity index (χ4v) is 3.22. The number of piperazine rings is 1. The van der Waals surface area contributed by atoms with E-state index in [1.807, 2.05) is 36.4 Å². The number of fused-ring (bicyclic) bond motifs is 1. The predicted molar refractivity (Wildman–Crippen MR) is 96.2 cm³/mol. The molecule has 1 saturated heterocycles. The van der Waals surface area contributed by atoms with Crippen LogP contribution in [0.15, 0.2) is 59.7 Å². The Balaban J connectivity index is 1.44. The molecule has 6 heteroatoms. The molecule has 3 aromatic rings. The zero-order valence-electron chi connectivity index (χ0n) is 13.8. The third-order valence-corrected chi connectivity index (χ3v) is 4.65. The third-order valence-electron chi connectivity index (χ3n) is 4.65. The Morgan fingerprint density at radius 1 is 0.960 bits per heavy atom. The van der Waals surface area contributed by atoms with Gasteiger partial charge in [-0.3, -0.25) is 14.3 Å². The van der Waals surface area contributed by atoms with Crippen LogP contribution in [0.5, 0.6) is 0 Å². The lowest BCUT2D eigenvalue weighted by molar-refractivity contribution is 0.203. The largest absolute Gasteiger partial charge is 0.369 e. The van der Waals surface area contributed by atoms with E-state index >= 15 is 0 Å². The van der Waals surface area contributed by atoms with Crippen molar-refractivity contribution in [2.45, 2.75) is 6.67 Å². The van der Waals surface area contributed by atoms with Gasteiger partial charge in [-0.1, -0.05) is 12.1 Å². The number of anilines is 1. The minimum absolute atomic E-state index is 0.00781. The number of hydrogen-bond donors (Lipinski definition) is 0. The van der Waals surface area contributed by atoms with Gasteiger partial charge in [-0.05, 0) is 36.4 Å². The van der Waals surface area contributed by atoms with Gasteiger partial charge in [0.2, 0.25) is 0 Å². The Morgan fingerprint density at radius 2 is 1.68 bits per heavy atom. The lowest BCUT2D eigenvalue weighted by atomic mass is 10.2. The van der Waals surface area contributed by atoms with Crippen LogP contribution in [0.3, 0.4) is 0 Å². The summed E-state index contributed by atoms with van der Waals surface area (Å²) in [4.78, 5) is 21.4. The molecule has 1 aliphatic heterocycles. The minimum atomic E-state index is -0.217. The van der Waals surface area contributed by atoms with Crippen LogP contribution in [-0.2, 0) is 6.67 Å². The van der Waals surface area contributed by atoms with Crippen molar-refractivity contribution in [1.82, 2.24) is 14.5 Å².